The van der Waals surface area contributed by atoms with Crippen LogP contribution in [0.2, 0.25) is 0 Å². The quantitative estimate of drug-likeness (QED) is 0.726. The molecule has 0 aliphatic rings. The van der Waals surface area contributed by atoms with Crippen molar-refractivity contribution in [2.75, 3.05) is 13.7 Å². The largest absolute Gasteiger partial charge is 0.462 e. The van der Waals surface area contributed by atoms with Crippen LogP contribution in [0.1, 0.15) is 49.0 Å². The van der Waals surface area contributed by atoms with Gasteiger partial charge in [0.1, 0.15) is 0 Å². The van der Waals surface area contributed by atoms with Gasteiger partial charge in [-0.3, -0.25) is 0 Å². The first kappa shape index (κ1) is 14.7. The highest BCUT2D eigenvalue weighted by atomic mass is 16.5. The molecule has 1 atom stereocenters. The van der Waals surface area contributed by atoms with E-state index in [0.29, 0.717) is 24.5 Å². The predicted molar refractivity (Wildman–Crippen MR) is 71.9 cm³/mol. The van der Waals surface area contributed by atoms with Crippen molar-refractivity contribution in [1.82, 2.24) is 0 Å². The maximum Gasteiger partial charge on any atom is 0.338 e. The fourth-order valence-corrected chi connectivity index (χ4v) is 1.52. The van der Waals surface area contributed by atoms with Crippen molar-refractivity contribution in [2.45, 2.75) is 39.2 Å². The Hall–Kier alpha value is -1.35. The molecule has 3 nitrogen and oxygen atoms in total. The summed E-state index contributed by atoms with van der Waals surface area (Å²) in [6, 6.07) is 7.58. The van der Waals surface area contributed by atoms with Gasteiger partial charge in [-0.2, -0.15) is 0 Å². The summed E-state index contributed by atoms with van der Waals surface area (Å²) in [5, 5.41) is 0. The third-order valence-electron chi connectivity index (χ3n) is 2.97. The lowest BCUT2D eigenvalue weighted by Crippen LogP contribution is -2.12. The molecule has 1 rings (SSSR count). The number of hydrogen-bond acceptors (Lipinski definition) is 3. The summed E-state index contributed by atoms with van der Waals surface area (Å²) in [6.45, 7) is 6.59. The van der Waals surface area contributed by atoms with Crippen LogP contribution in [0, 0.1) is 0 Å². The van der Waals surface area contributed by atoms with E-state index in [2.05, 4.69) is 13.8 Å². The van der Waals surface area contributed by atoms with E-state index in [1.807, 2.05) is 31.2 Å². The maximum atomic E-state index is 11.7. The summed E-state index contributed by atoms with van der Waals surface area (Å²) in [7, 11) is 1.65. The molecule has 0 aromatic heterocycles. The molecule has 0 bridgehead atoms. The number of methoxy groups -OCH3 is 1. The molecule has 1 aromatic carbocycles. The van der Waals surface area contributed by atoms with Gasteiger partial charge in [0.15, 0.2) is 0 Å². The molecule has 0 unspecified atom stereocenters. The summed E-state index contributed by atoms with van der Waals surface area (Å²) in [4.78, 5) is 11.7. The molecule has 3 heteroatoms. The summed E-state index contributed by atoms with van der Waals surface area (Å²) >= 11 is 0. The first-order valence-electron chi connectivity index (χ1n) is 6.34. The van der Waals surface area contributed by atoms with Crippen molar-refractivity contribution in [3.8, 4) is 0 Å². The molecule has 0 N–H and O–H groups in total. The second kappa shape index (κ2) is 7.17. The van der Waals surface area contributed by atoms with Gasteiger partial charge in [0, 0.05) is 13.5 Å². The second-order valence-electron chi connectivity index (χ2n) is 4.75. The number of carbonyl (C=O) groups excluding carboxylic acids is 1. The average molecular weight is 250 g/mol. The van der Waals surface area contributed by atoms with Gasteiger partial charge in [-0.1, -0.05) is 26.0 Å². The highest BCUT2D eigenvalue weighted by Gasteiger charge is 2.08. The lowest BCUT2D eigenvalue weighted by atomic mass is 10.0. The number of benzene rings is 1. The molecule has 18 heavy (non-hydrogen) atoms. The monoisotopic (exact) mass is 250 g/mol. The SMILES string of the molecule is CO[C@@H](C)CCOC(=O)c1ccc(C(C)C)cc1. The van der Waals surface area contributed by atoms with Crippen molar-refractivity contribution in [3.05, 3.63) is 35.4 Å². The maximum absolute atomic E-state index is 11.7. The van der Waals surface area contributed by atoms with Gasteiger partial charge in [-0.25, -0.2) is 4.79 Å². The highest BCUT2D eigenvalue weighted by molar-refractivity contribution is 5.89. The lowest BCUT2D eigenvalue weighted by Gasteiger charge is -2.10. The van der Waals surface area contributed by atoms with Gasteiger partial charge in [0.05, 0.1) is 18.3 Å². The van der Waals surface area contributed by atoms with E-state index in [1.165, 1.54) is 5.56 Å². The summed E-state index contributed by atoms with van der Waals surface area (Å²) in [6.07, 6.45) is 0.827. The van der Waals surface area contributed by atoms with Gasteiger partial charge in [0.2, 0.25) is 0 Å². The van der Waals surface area contributed by atoms with E-state index < -0.39 is 0 Å². The zero-order valence-corrected chi connectivity index (χ0v) is 11.6. The first-order valence-corrected chi connectivity index (χ1v) is 6.34. The minimum absolute atomic E-state index is 0.112. The van der Waals surface area contributed by atoms with Crippen molar-refractivity contribution >= 4 is 5.97 Å². The van der Waals surface area contributed by atoms with Crippen LogP contribution < -0.4 is 0 Å². The predicted octanol–water partition coefficient (Wildman–Crippen LogP) is 3.39. The molecule has 0 fully saturated rings. The second-order valence-corrected chi connectivity index (χ2v) is 4.75. The number of esters is 1. The third-order valence-corrected chi connectivity index (χ3v) is 2.97. The van der Waals surface area contributed by atoms with Crippen LogP contribution >= 0.6 is 0 Å². The Bertz CT molecular complexity index is 368. The summed E-state index contributed by atoms with van der Waals surface area (Å²) in [5.41, 5.74) is 1.82. The van der Waals surface area contributed by atoms with Crippen LogP contribution in [0.25, 0.3) is 0 Å². The average Bonchev–Trinajstić information content (AvgIpc) is 2.38. The highest BCUT2D eigenvalue weighted by Crippen LogP contribution is 2.15. The first-order chi connectivity index (χ1) is 8.54. The minimum atomic E-state index is -0.270. The van der Waals surface area contributed by atoms with Crippen LogP contribution in [0.3, 0.4) is 0 Å². The number of carbonyl (C=O) groups is 1. The molecule has 0 aliphatic carbocycles. The minimum Gasteiger partial charge on any atom is -0.462 e. The van der Waals surface area contributed by atoms with Gasteiger partial charge < -0.3 is 9.47 Å². The van der Waals surface area contributed by atoms with Crippen LogP contribution in [-0.2, 0) is 9.47 Å². The van der Waals surface area contributed by atoms with Crippen molar-refractivity contribution in [3.63, 3.8) is 0 Å². The third kappa shape index (κ3) is 4.49. The molecule has 0 amide bonds. The Kier molecular flexibility index (Phi) is 5.86. The Morgan fingerprint density at radius 3 is 2.28 bits per heavy atom. The van der Waals surface area contributed by atoms with Crippen LogP contribution in [-0.4, -0.2) is 25.8 Å². The van der Waals surface area contributed by atoms with Gasteiger partial charge in [-0.05, 0) is 30.5 Å². The van der Waals surface area contributed by atoms with E-state index in [0.717, 1.165) is 0 Å². The van der Waals surface area contributed by atoms with Gasteiger partial charge >= 0.3 is 5.97 Å². The molecule has 0 heterocycles. The fourth-order valence-electron chi connectivity index (χ4n) is 1.52. The topological polar surface area (TPSA) is 35.5 Å². The lowest BCUT2D eigenvalue weighted by molar-refractivity contribution is 0.0391. The molecule has 1 aromatic rings. The smallest absolute Gasteiger partial charge is 0.338 e. The van der Waals surface area contributed by atoms with E-state index in [4.69, 9.17) is 9.47 Å². The van der Waals surface area contributed by atoms with Gasteiger partial charge in [-0.15, -0.1) is 0 Å². The zero-order chi connectivity index (χ0) is 13.5. The summed E-state index contributed by atoms with van der Waals surface area (Å²) in [5.74, 6) is 0.200. The molecule has 0 aliphatic heterocycles. The van der Waals surface area contributed by atoms with E-state index in [9.17, 15) is 4.79 Å². The molecule has 100 valence electrons. The molecular formula is C15H22O3. The number of rotatable bonds is 6. The fraction of sp³-hybridized carbons (Fsp3) is 0.533. The van der Waals surface area contributed by atoms with Crippen molar-refractivity contribution < 1.29 is 14.3 Å². The normalized spacial score (nSPS) is 12.5. The van der Waals surface area contributed by atoms with E-state index in [-0.39, 0.29) is 12.1 Å². The van der Waals surface area contributed by atoms with Crippen LogP contribution in [0.4, 0.5) is 0 Å². The standard InChI is InChI=1S/C15H22O3/c1-11(2)13-5-7-14(8-6-13)15(16)18-10-9-12(3)17-4/h5-8,11-12H,9-10H2,1-4H3/t12-/m0/s1. The number of hydrogen-bond donors (Lipinski definition) is 0. The Morgan fingerprint density at radius 2 is 1.78 bits per heavy atom. The molecule has 0 saturated carbocycles. The molecule has 0 saturated heterocycles. The van der Waals surface area contributed by atoms with Crippen LogP contribution in [0.15, 0.2) is 24.3 Å². The molecule has 0 radical (unpaired) electrons. The van der Waals surface area contributed by atoms with Gasteiger partial charge in [0.25, 0.3) is 0 Å². The Morgan fingerprint density at radius 1 is 1.17 bits per heavy atom. The molecule has 0 spiro atoms. The van der Waals surface area contributed by atoms with E-state index >= 15 is 0 Å². The van der Waals surface area contributed by atoms with Crippen molar-refractivity contribution in [2.24, 2.45) is 0 Å². The summed E-state index contributed by atoms with van der Waals surface area (Å²) < 4.78 is 10.3. The number of ether oxygens (including phenoxy) is 2. The van der Waals surface area contributed by atoms with Crippen LogP contribution in [0.5, 0.6) is 0 Å². The van der Waals surface area contributed by atoms with E-state index in [1.54, 1.807) is 7.11 Å². The molecular weight excluding hydrogens is 228 g/mol. The van der Waals surface area contributed by atoms with Crippen molar-refractivity contribution in [1.29, 1.82) is 0 Å². The Labute approximate surface area is 109 Å². The Balaban J connectivity index is 2.46. The zero-order valence-electron chi connectivity index (χ0n) is 11.6.